The minimum Gasteiger partial charge on any atom is -0.504 e. The topological polar surface area (TPSA) is 62.2 Å². The third-order valence-corrected chi connectivity index (χ3v) is 2.44. The highest BCUT2D eigenvalue weighted by molar-refractivity contribution is 6.36. The maximum Gasteiger partial charge on any atom is 0.221 e. The maximum atomic E-state index is 10.9. The van der Waals surface area contributed by atoms with Crippen LogP contribution in [0.2, 0.25) is 5.02 Å². The standard InChI is InChI=1S/C11H9ClN2O2/c1-6(15)14-9-5-8(12)7-3-2-4-13-10(7)11(9)16/h2-5,16H,1H3,(H,14,15). The van der Waals surface area contributed by atoms with Gasteiger partial charge in [0.25, 0.3) is 0 Å². The van der Waals surface area contributed by atoms with Crippen LogP contribution in [0, 0.1) is 0 Å². The number of nitrogens with one attached hydrogen (secondary N) is 1. The zero-order chi connectivity index (χ0) is 11.7. The number of carbonyl (C=O) groups excluding carboxylic acids is 1. The number of hydrogen-bond donors (Lipinski definition) is 2. The largest absolute Gasteiger partial charge is 0.504 e. The Morgan fingerprint density at radius 2 is 2.31 bits per heavy atom. The van der Waals surface area contributed by atoms with Gasteiger partial charge in [-0.25, -0.2) is 0 Å². The average molecular weight is 237 g/mol. The van der Waals surface area contributed by atoms with Crippen LogP contribution in [-0.4, -0.2) is 16.0 Å². The van der Waals surface area contributed by atoms with Crippen LogP contribution in [0.5, 0.6) is 5.75 Å². The second-order valence-corrected chi connectivity index (χ2v) is 3.74. The molecule has 0 saturated carbocycles. The van der Waals surface area contributed by atoms with Crippen LogP contribution in [0.3, 0.4) is 0 Å². The van der Waals surface area contributed by atoms with E-state index in [4.69, 9.17) is 11.6 Å². The highest BCUT2D eigenvalue weighted by Crippen LogP contribution is 2.36. The lowest BCUT2D eigenvalue weighted by molar-refractivity contribution is -0.114. The van der Waals surface area contributed by atoms with Gasteiger partial charge < -0.3 is 10.4 Å². The van der Waals surface area contributed by atoms with Gasteiger partial charge in [0, 0.05) is 18.5 Å². The molecule has 1 amide bonds. The third kappa shape index (κ3) is 1.79. The smallest absolute Gasteiger partial charge is 0.221 e. The minimum absolute atomic E-state index is 0.0739. The molecule has 0 radical (unpaired) electrons. The van der Waals surface area contributed by atoms with Crippen molar-refractivity contribution < 1.29 is 9.90 Å². The molecule has 2 rings (SSSR count). The summed E-state index contributed by atoms with van der Waals surface area (Å²) in [5, 5.41) is 13.5. The van der Waals surface area contributed by atoms with E-state index in [-0.39, 0.29) is 17.3 Å². The van der Waals surface area contributed by atoms with Gasteiger partial charge >= 0.3 is 0 Å². The Morgan fingerprint density at radius 3 is 3.00 bits per heavy atom. The fraction of sp³-hybridized carbons (Fsp3) is 0.0909. The minimum atomic E-state index is -0.276. The van der Waals surface area contributed by atoms with Crippen LogP contribution in [-0.2, 0) is 4.79 Å². The van der Waals surface area contributed by atoms with Crippen molar-refractivity contribution in [1.82, 2.24) is 4.98 Å². The van der Waals surface area contributed by atoms with Gasteiger partial charge in [-0.2, -0.15) is 0 Å². The average Bonchev–Trinajstić information content (AvgIpc) is 2.25. The molecule has 0 unspecified atom stereocenters. The molecule has 1 heterocycles. The first-order valence-corrected chi connectivity index (χ1v) is 5.01. The number of amides is 1. The SMILES string of the molecule is CC(=O)Nc1cc(Cl)c2cccnc2c1O. The van der Waals surface area contributed by atoms with Crippen molar-refractivity contribution in [2.75, 3.05) is 5.32 Å². The van der Waals surface area contributed by atoms with Gasteiger partial charge in [-0.1, -0.05) is 11.6 Å². The number of rotatable bonds is 1. The van der Waals surface area contributed by atoms with Gasteiger partial charge in [0.05, 0.1) is 10.7 Å². The number of benzene rings is 1. The van der Waals surface area contributed by atoms with E-state index in [2.05, 4.69) is 10.3 Å². The molecule has 0 fully saturated rings. The first-order chi connectivity index (χ1) is 7.59. The molecule has 0 aliphatic rings. The molecule has 4 nitrogen and oxygen atoms in total. The number of nitrogens with zero attached hydrogens (tertiary/aromatic N) is 1. The normalized spacial score (nSPS) is 10.4. The second kappa shape index (κ2) is 3.98. The Balaban J connectivity index is 2.70. The molecule has 0 spiro atoms. The lowest BCUT2D eigenvalue weighted by Crippen LogP contribution is -2.06. The van der Waals surface area contributed by atoms with Gasteiger partial charge in [-0.05, 0) is 18.2 Å². The van der Waals surface area contributed by atoms with Crippen LogP contribution in [0.1, 0.15) is 6.92 Å². The van der Waals surface area contributed by atoms with Crippen molar-refractivity contribution in [1.29, 1.82) is 0 Å². The molecule has 0 bridgehead atoms. The van der Waals surface area contributed by atoms with Crippen molar-refractivity contribution in [2.45, 2.75) is 6.92 Å². The molecule has 16 heavy (non-hydrogen) atoms. The monoisotopic (exact) mass is 236 g/mol. The number of aromatic nitrogens is 1. The van der Waals surface area contributed by atoms with E-state index in [0.717, 1.165) is 0 Å². The van der Waals surface area contributed by atoms with Gasteiger partial charge in [-0.3, -0.25) is 9.78 Å². The number of anilines is 1. The fourth-order valence-electron chi connectivity index (χ4n) is 1.47. The predicted molar refractivity (Wildman–Crippen MR) is 62.7 cm³/mol. The van der Waals surface area contributed by atoms with E-state index in [1.54, 1.807) is 18.3 Å². The highest BCUT2D eigenvalue weighted by atomic mass is 35.5. The van der Waals surface area contributed by atoms with Gasteiger partial charge in [0.15, 0.2) is 5.75 Å². The number of fused-ring (bicyclic) bond motifs is 1. The first kappa shape index (κ1) is 10.7. The summed E-state index contributed by atoms with van der Waals surface area (Å²) in [6, 6.07) is 4.98. The fourth-order valence-corrected chi connectivity index (χ4v) is 1.73. The molecule has 82 valence electrons. The summed E-state index contributed by atoms with van der Waals surface area (Å²) in [6.45, 7) is 1.36. The lowest BCUT2D eigenvalue weighted by atomic mass is 10.2. The summed E-state index contributed by atoms with van der Waals surface area (Å²) in [5.74, 6) is -0.350. The van der Waals surface area contributed by atoms with Crippen molar-refractivity contribution in [3.63, 3.8) is 0 Å². The first-order valence-electron chi connectivity index (χ1n) is 4.63. The molecule has 2 aromatic rings. The van der Waals surface area contributed by atoms with E-state index in [1.807, 2.05) is 0 Å². The quantitative estimate of drug-likeness (QED) is 0.748. The zero-order valence-electron chi connectivity index (χ0n) is 8.49. The third-order valence-electron chi connectivity index (χ3n) is 2.13. The van der Waals surface area contributed by atoms with E-state index < -0.39 is 0 Å². The molecule has 0 saturated heterocycles. The Morgan fingerprint density at radius 1 is 1.56 bits per heavy atom. The van der Waals surface area contributed by atoms with Crippen molar-refractivity contribution in [3.8, 4) is 5.75 Å². The van der Waals surface area contributed by atoms with Gasteiger partial charge in [0.2, 0.25) is 5.91 Å². The summed E-state index contributed by atoms with van der Waals surface area (Å²) >= 11 is 6.02. The van der Waals surface area contributed by atoms with Gasteiger partial charge in [-0.15, -0.1) is 0 Å². The van der Waals surface area contributed by atoms with Crippen LogP contribution >= 0.6 is 11.6 Å². The second-order valence-electron chi connectivity index (χ2n) is 3.34. The summed E-state index contributed by atoms with van der Waals surface area (Å²) in [5.41, 5.74) is 0.641. The Kier molecular flexibility index (Phi) is 2.66. The number of phenolic OH excluding ortho intramolecular Hbond substituents is 1. The van der Waals surface area contributed by atoms with E-state index in [9.17, 15) is 9.90 Å². The maximum absolute atomic E-state index is 10.9. The van der Waals surface area contributed by atoms with Crippen molar-refractivity contribution in [2.24, 2.45) is 0 Å². The summed E-state index contributed by atoms with van der Waals surface area (Å²) in [7, 11) is 0. The molecule has 1 aromatic heterocycles. The number of phenols is 1. The van der Waals surface area contributed by atoms with Crippen LogP contribution < -0.4 is 5.32 Å². The van der Waals surface area contributed by atoms with Gasteiger partial charge in [0.1, 0.15) is 5.52 Å². The molecule has 5 heteroatoms. The Bertz CT molecular complexity index is 569. The van der Waals surface area contributed by atoms with Crippen LogP contribution in [0.25, 0.3) is 10.9 Å². The van der Waals surface area contributed by atoms with E-state index in [1.165, 1.54) is 13.0 Å². The highest BCUT2D eigenvalue weighted by Gasteiger charge is 2.11. The number of hydrogen-bond acceptors (Lipinski definition) is 3. The molecule has 1 aromatic carbocycles. The van der Waals surface area contributed by atoms with E-state index >= 15 is 0 Å². The number of halogens is 1. The lowest BCUT2D eigenvalue weighted by Gasteiger charge is -2.08. The van der Waals surface area contributed by atoms with Crippen molar-refractivity contribution >= 4 is 34.1 Å². The summed E-state index contributed by atoms with van der Waals surface area (Å²) in [4.78, 5) is 15.0. The molecule has 0 aliphatic carbocycles. The summed E-state index contributed by atoms with van der Waals surface area (Å²) in [6.07, 6.45) is 1.55. The van der Waals surface area contributed by atoms with Crippen molar-refractivity contribution in [3.05, 3.63) is 29.4 Å². The zero-order valence-corrected chi connectivity index (χ0v) is 9.25. The Labute approximate surface area is 96.9 Å². The Hall–Kier alpha value is -1.81. The predicted octanol–water partition coefficient (Wildman–Crippen LogP) is 2.55. The van der Waals surface area contributed by atoms with Crippen LogP contribution in [0.4, 0.5) is 5.69 Å². The van der Waals surface area contributed by atoms with E-state index in [0.29, 0.717) is 15.9 Å². The van der Waals surface area contributed by atoms with Crippen LogP contribution in [0.15, 0.2) is 24.4 Å². The molecule has 0 atom stereocenters. The number of pyridine rings is 1. The number of aromatic hydroxyl groups is 1. The molecule has 2 N–H and O–H groups in total. The number of carbonyl (C=O) groups is 1. The molecule has 0 aliphatic heterocycles. The summed E-state index contributed by atoms with van der Waals surface area (Å²) < 4.78 is 0. The molecular weight excluding hydrogens is 228 g/mol. The molecular formula is C11H9ClN2O2.